The van der Waals surface area contributed by atoms with Gasteiger partial charge in [-0.1, -0.05) is 6.07 Å². The summed E-state index contributed by atoms with van der Waals surface area (Å²) in [5.41, 5.74) is 1.06. The third-order valence-electron chi connectivity index (χ3n) is 2.68. The molecule has 6 heteroatoms. The molecule has 0 aliphatic carbocycles. The van der Waals surface area contributed by atoms with E-state index in [-0.39, 0.29) is 17.7 Å². The number of esters is 1. The smallest absolute Gasteiger partial charge is 0.322 e. The second-order valence-corrected chi connectivity index (χ2v) is 5.18. The summed E-state index contributed by atoms with van der Waals surface area (Å²) in [6.07, 6.45) is 0. The first-order chi connectivity index (χ1) is 10.1. The van der Waals surface area contributed by atoms with Crippen LogP contribution in [0.4, 0.5) is 4.39 Å². The molecule has 0 saturated carbocycles. The van der Waals surface area contributed by atoms with Crippen LogP contribution in [0, 0.1) is 5.82 Å². The lowest BCUT2D eigenvalue weighted by atomic mass is 10.2. The van der Waals surface area contributed by atoms with Gasteiger partial charge in [0.05, 0.1) is 4.88 Å². The minimum absolute atomic E-state index is 0.0456. The fourth-order valence-corrected chi connectivity index (χ4v) is 2.49. The van der Waals surface area contributed by atoms with Crippen molar-refractivity contribution in [2.45, 2.75) is 6.92 Å². The van der Waals surface area contributed by atoms with Gasteiger partial charge in [-0.25, -0.2) is 9.37 Å². The van der Waals surface area contributed by atoms with Crippen LogP contribution in [0.5, 0.6) is 5.95 Å². The summed E-state index contributed by atoms with van der Waals surface area (Å²) in [6, 6.07) is 9.45. The number of carbonyl (C=O) groups excluding carboxylic acids is 1. The van der Waals surface area contributed by atoms with E-state index in [1.54, 1.807) is 12.1 Å². The molecule has 21 heavy (non-hydrogen) atoms. The van der Waals surface area contributed by atoms with Crippen LogP contribution in [0.25, 0.3) is 22.0 Å². The number of hydrogen-bond acceptors (Lipinski definition) is 5. The molecule has 2 heterocycles. The van der Waals surface area contributed by atoms with Crippen molar-refractivity contribution in [1.82, 2.24) is 4.98 Å². The summed E-state index contributed by atoms with van der Waals surface area (Å²) in [4.78, 5) is 16.3. The highest BCUT2D eigenvalue weighted by Gasteiger charge is 2.20. The third-order valence-corrected chi connectivity index (χ3v) is 3.55. The standard InChI is InChI=1S/C15H10FNO3S/c1-9(18)19-15-13(12-3-2-8-21-12)17-14(20-15)10-4-6-11(16)7-5-10/h2-8H,1H3. The van der Waals surface area contributed by atoms with Gasteiger partial charge in [0.2, 0.25) is 5.89 Å². The first kappa shape index (κ1) is 13.5. The third kappa shape index (κ3) is 2.85. The summed E-state index contributed by atoms with van der Waals surface area (Å²) in [5.74, 6) is -0.516. The van der Waals surface area contributed by atoms with Crippen molar-refractivity contribution in [3.8, 4) is 28.0 Å². The number of benzene rings is 1. The zero-order valence-corrected chi connectivity index (χ0v) is 11.8. The summed E-state index contributed by atoms with van der Waals surface area (Å²) in [5, 5.41) is 1.89. The zero-order chi connectivity index (χ0) is 14.8. The Kier molecular flexibility index (Phi) is 3.53. The number of rotatable bonds is 3. The highest BCUT2D eigenvalue weighted by Crippen LogP contribution is 2.36. The van der Waals surface area contributed by atoms with Crippen LogP contribution in [0.2, 0.25) is 0 Å². The van der Waals surface area contributed by atoms with Crippen LogP contribution < -0.4 is 4.74 Å². The lowest BCUT2D eigenvalue weighted by molar-refractivity contribution is -0.132. The molecule has 0 unspecified atom stereocenters. The number of ether oxygens (including phenoxy) is 1. The molecule has 0 spiro atoms. The Morgan fingerprint density at radius 2 is 2.05 bits per heavy atom. The average Bonchev–Trinajstić information content (AvgIpc) is 3.08. The molecule has 0 amide bonds. The quantitative estimate of drug-likeness (QED) is 0.682. The van der Waals surface area contributed by atoms with E-state index in [9.17, 15) is 9.18 Å². The van der Waals surface area contributed by atoms with Crippen LogP contribution in [0.1, 0.15) is 6.92 Å². The Labute approximate surface area is 123 Å². The summed E-state index contributed by atoms with van der Waals surface area (Å²) < 4.78 is 23.5. The van der Waals surface area contributed by atoms with Gasteiger partial charge in [0, 0.05) is 12.5 Å². The van der Waals surface area contributed by atoms with E-state index in [0.717, 1.165) is 4.88 Å². The molecular weight excluding hydrogens is 293 g/mol. The number of aromatic nitrogens is 1. The number of halogens is 1. The maximum atomic E-state index is 13.0. The van der Waals surface area contributed by atoms with Crippen molar-refractivity contribution in [3.05, 3.63) is 47.6 Å². The average molecular weight is 303 g/mol. The van der Waals surface area contributed by atoms with E-state index in [1.807, 2.05) is 17.5 Å². The number of oxazole rings is 1. The van der Waals surface area contributed by atoms with Gasteiger partial charge < -0.3 is 9.15 Å². The molecule has 4 nitrogen and oxygen atoms in total. The molecule has 0 aliphatic rings. The van der Waals surface area contributed by atoms with E-state index >= 15 is 0 Å². The molecule has 0 atom stereocenters. The predicted octanol–water partition coefficient (Wildman–Crippen LogP) is 4.13. The van der Waals surface area contributed by atoms with Crippen LogP contribution in [-0.4, -0.2) is 11.0 Å². The van der Waals surface area contributed by atoms with E-state index in [4.69, 9.17) is 9.15 Å². The van der Waals surface area contributed by atoms with Crippen molar-refractivity contribution in [3.63, 3.8) is 0 Å². The Morgan fingerprint density at radius 3 is 2.67 bits per heavy atom. The molecule has 0 N–H and O–H groups in total. The maximum Gasteiger partial charge on any atom is 0.322 e. The van der Waals surface area contributed by atoms with Crippen LogP contribution in [0.15, 0.2) is 46.2 Å². The van der Waals surface area contributed by atoms with Crippen molar-refractivity contribution in [2.24, 2.45) is 0 Å². The van der Waals surface area contributed by atoms with Gasteiger partial charge in [0.1, 0.15) is 5.82 Å². The highest BCUT2D eigenvalue weighted by molar-refractivity contribution is 7.13. The molecule has 106 valence electrons. The molecular formula is C15H10FNO3S. The van der Waals surface area contributed by atoms with Gasteiger partial charge >= 0.3 is 11.9 Å². The molecule has 0 aliphatic heterocycles. The van der Waals surface area contributed by atoms with Gasteiger partial charge in [-0.05, 0) is 35.7 Å². The van der Waals surface area contributed by atoms with E-state index in [0.29, 0.717) is 11.3 Å². The SMILES string of the molecule is CC(=O)Oc1oc(-c2ccc(F)cc2)nc1-c1cccs1. The molecule has 0 saturated heterocycles. The van der Waals surface area contributed by atoms with Crippen LogP contribution in [-0.2, 0) is 4.79 Å². The van der Waals surface area contributed by atoms with E-state index < -0.39 is 5.97 Å². The topological polar surface area (TPSA) is 52.3 Å². The fourth-order valence-electron chi connectivity index (χ4n) is 1.79. The molecule has 0 bridgehead atoms. The Morgan fingerprint density at radius 1 is 1.29 bits per heavy atom. The summed E-state index contributed by atoms with van der Waals surface area (Å²) in [6.45, 7) is 1.29. The van der Waals surface area contributed by atoms with Crippen LogP contribution in [0.3, 0.4) is 0 Å². The summed E-state index contributed by atoms with van der Waals surface area (Å²) >= 11 is 1.45. The number of carbonyl (C=O) groups is 1. The largest absolute Gasteiger partial charge is 0.405 e. The van der Waals surface area contributed by atoms with Gasteiger partial charge in [-0.15, -0.1) is 11.3 Å². The Hall–Kier alpha value is -2.47. The number of hydrogen-bond donors (Lipinski definition) is 0. The van der Waals surface area contributed by atoms with Gasteiger partial charge in [0.25, 0.3) is 0 Å². The minimum atomic E-state index is -0.491. The Balaban J connectivity index is 2.07. The van der Waals surface area contributed by atoms with Crippen molar-refractivity contribution in [1.29, 1.82) is 0 Å². The Bertz CT molecular complexity index is 763. The molecule has 0 fully saturated rings. The van der Waals surface area contributed by atoms with Crippen LogP contribution >= 0.6 is 11.3 Å². The van der Waals surface area contributed by atoms with Gasteiger partial charge in [-0.2, -0.15) is 0 Å². The first-order valence-corrected chi connectivity index (χ1v) is 7.00. The predicted molar refractivity (Wildman–Crippen MR) is 76.5 cm³/mol. The normalized spacial score (nSPS) is 10.6. The molecule has 3 aromatic rings. The monoisotopic (exact) mass is 303 g/mol. The van der Waals surface area contributed by atoms with Crippen molar-refractivity contribution < 1.29 is 18.3 Å². The second kappa shape index (κ2) is 5.49. The van der Waals surface area contributed by atoms with Crippen molar-refractivity contribution in [2.75, 3.05) is 0 Å². The lowest BCUT2D eigenvalue weighted by Gasteiger charge is -1.97. The number of nitrogens with zero attached hydrogens (tertiary/aromatic N) is 1. The lowest BCUT2D eigenvalue weighted by Crippen LogP contribution is -2.01. The van der Waals surface area contributed by atoms with E-state index in [1.165, 1.54) is 30.4 Å². The maximum absolute atomic E-state index is 13.0. The number of thiophene rings is 1. The molecule has 0 radical (unpaired) electrons. The molecule has 1 aromatic carbocycles. The van der Waals surface area contributed by atoms with E-state index in [2.05, 4.69) is 4.98 Å². The molecule has 2 aromatic heterocycles. The van der Waals surface area contributed by atoms with Crippen molar-refractivity contribution >= 4 is 17.3 Å². The summed E-state index contributed by atoms with van der Waals surface area (Å²) in [7, 11) is 0. The fraction of sp³-hybridized carbons (Fsp3) is 0.0667. The highest BCUT2D eigenvalue weighted by atomic mass is 32.1. The van der Waals surface area contributed by atoms with Gasteiger partial charge in [-0.3, -0.25) is 4.79 Å². The minimum Gasteiger partial charge on any atom is -0.405 e. The molecule has 3 rings (SSSR count). The zero-order valence-electron chi connectivity index (χ0n) is 11.0. The second-order valence-electron chi connectivity index (χ2n) is 4.23. The van der Waals surface area contributed by atoms with Gasteiger partial charge in [0.15, 0.2) is 5.69 Å². The first-order valence-electron chi connectivity index (χ1n) is 6.12.